The minimum atomic E-state index is -3.46. The van der Waals surface area contributed by atoms with E-state index in [1.165, 1.54) is 35.3 Å². The number of nitrogens with one attached hydrogen (secondary N) is 1. The third-order valence-corrected chi connectivity index (χ3v) is 9.22. The van der Waals surface area contributed by atoms with E-state index < -0.39 is 10.0 Å². The maximum absolute atomic E-state index is 12.8. The third kappa shape index (κ3) is 5.02. The average molecular weight is 478 g/mol. The van der Waals surface area contributed by atoms with Crippen LogP contribution in [-0.4, -0.2) is 51.7 Å². The first-order valence-electron chi connectivity index (χ1n) is 11.4. The van der Waals surface area contributed by atoms with Crippen molar-refractivity contribution in [2.75, 3.05) is 18.4 Å². The van der Waals surface area contributed by atoms with Crippen LogP contribution in [0.5, 0.6) is 0 Å². The number of aromatic nitrogens is 3. The fourth-order valence-electron chi connectivity index (χ4n) is 4.43. The van der Waals surface area contributed by atoms with E-state index >= 15 is 0 Å². The third-order valence-electron chi connectivity index (χ3n) is 6.25. The lowest BCUT2D eigenvalue weighted by atomic mass is 9.95. The number of anilines is 1. The van der Waals surface area contributed by atoms with Crippen LogP contribution in [0, 0.1) is 6.92 Å². The van der Waals surface area contributed by atoms with Gasteiger partial charge in [0.05, 0.1) is 10.1 Å². The van der Waals surface area contributed by atoms with Gasteiger partial charge in [0.15, 0.2) is 5.16 Å². The molecule has 1 aromatic carbocycles. The molecule has 1 atom stereocenters. The molecule has 10 heteroatoms. The Hall–Kier alpha value is -1.91. The quantitative estimate of drug-likeness (QED) is 0.606. The minimum absolute atomic E-state index is 0.152. The first kappa shape index (κ1) is 23.3. The molecule has 2 heterocycles. The molecule has 1 aliphatic heterocycles. The summed E-state index contributed by atoms with van der Waals surface area (Å²) in [6.07, 6.45) is 7.75. The summed E-state index contributed by atoms with van der Waals surface area (Å²) >= 11 is 1.41. The summed E-state index contributed by atoms with van der Waals surface area (Å²) < 4.78 is 29.0. The lowest BCUT2D eigenvalue weighted by molar-refractivity contribution is -0.115. The monoisotopic (exact) mass is 477 g/mol. The molecular weight excluding hydrogens is 446 g/mol. The van der Waals surface area contributed by atoms with Gasteiger partial charge in [-0.2, -0.15) is 4.31 Å². The summed E-state index contributed by atoms with van der Waals surface area (Å²) in [5.74, 6) is 0.739. The topological polar surface area (TPSA) is 97.2 Å². The van der Waals surface area contributed by atoms with Crippen LogP contribution in [0.3, 0.4) is 0 Å². The first-order chi connectivity index (χ1) is 15.4. The number of rotatable bonds is 7. The molecule has 1 aromatic heterocycles. The largest absolute Gasteiger partial charge is 0.325 e. The van der Waals surface area contributed by atoms with Crippen LogP contribution in [0.1, 0.15) is 63.7 Å². The maximum atomic E-state index is 12.8. The van der Waals surface area contributed by atoms with Crippen LogP contribution in [0.4, 0.5) is 5.69 Å². The lowest BCUT2D eigenvalue weighted by Crippen LogP contribution is -2.28. The van der Waals surface area contributed by atoms with E-state index in [1.807, 2.05) is 13.8 Å². The van der Waals surface area contributed by atoms with Crippen LogP contribution < -0.4 is 5.32 Å². The summed E-state index contributed by atoms with van der Waals surface area (Å²) in [4.78, 5) is 13.0. The second kappa shape index (κ2) is 9.93. The predicted molar refractivity (Wildman–Crippen MR) is 125 cm³/mol. The molecule has 0 radical (unpaired) electrons. The van der Waals surface area contributed by atoms with Crippen molar-refractivity contribution < 1.29 is 13.2 Å². The Kier molecular flexibility index (Phi) is 7.21. The number of hydrogen-bond donors (Lipinski definition) is 1. The molecule has 1 amide bonds. The van der Waals surface area contributed by atoms with Crippen molar-refractivity contribution in [1.82, 2.24) is 19.1 Å². The van der Waals surface area contributed by atoms with E-state index in [2.05, 4.69) is 20.1 Å². The Bertz CT molecular complexity index is 1040. The van der Waals surface area contributed by atoms with E-state index in [-0.39, 0.29) is 16.1 Å². The van der Waals surface area contributed by atoms with Gasteiger partial charge in [-0.15, -0.1) is 10.2 Å². The highest BCUT2D eigenvalue weighted by molar-refractivity contribution is 8.00. The number of carbonyl (C=O) groups is 1. The van der Waals surface area contributed by atoms with Crippen LogP contribution in [0.2, 0.25) is 0 Å². The van der Waals surface area contributed by atoms with E-state index in [4.69, 9.17) is 0 Å². The second-order valence-electron chi connectivity index (χ2n) is 8.58. The van der Waals surface area contributed by atoms with Crippen molar-refractivity contribution in [2.24, 2.45) is 0 Å². The molecule has 1 aliphatic carbocycles. The zero-order valence-corrected chi connectivity index (χ0v) is 20.3. The molecule has 0 unspecified atom stereocenters. The molecule has 1 N–H and O–H groups in total. The summed E-state index contributed by atoms with van der Waals surface area (Å²) in [5.41, 5.74) is 0.577. The number of aryl methyl sites for hydroxylation is 1. The molecule has 0 spiro atoms. The Morgan fingerprint density at radius 2 is 1.72 bits per heavy atom. The van der Waals surface area contributed by atoms with Gasteiger partial charge in [0.2, 0.25) is 15.9 Å². The Labute approximate surface area is 194 Å². The zero-order valence-electron chi connectivity index (χ0n) is 18.7. The van der Waals surface area contributed by atoms with Gasteiger partial charge in [-0.3, -0.25) is 4.79 Å². The van der Waals surface area contributed by atoms with Gasteiger partial charge < -0.3 is 9.88 Å². The molecule has 2 aliphatic rings. The van der Waals surface area contributed by atoms with Gasteiger partial charge in [-0.05, 0) is 63.8 Å². The standard InChI is InChI=1S/C22H31N5O3S2/c1-16(31-22-25-24-17(2)27(22)19-8-4-3-5-9-19)21(28)23-18-10-12-20(13-11-18)32(29,30)26-14-6-7-15-26/h10-13,16,19H,3-9,14-15H2,1-2H3,(H,23,28)/t16-/m0/s1. The number of nitrogens with zero attached hydrogens (tertiary/aromatic N) is 4. The maximum Gasteiger partial charge on any atom is 0.243 e. The first-order valence-corrected chi connectivity index (χ1v) is 13.7. The number of amides is 1. The number of thioether (sulfide) groups is 1. The number of benzene rings is 1. The van der Waals surface area contributed by atoms with Crippen LogP contribution in [0.15, 0.2) is 34.3 Å². The Balaban J connectivity index is 1.39. The lowest BCUT2D eigenvalue weighted by Gasteiger charge is -2.25. The molecule has 2 fully saturated rings. The van der Waals surface area contributed by atoms with Crippen molar-refractivity contribution in [2.45, 2.75) is 80.1 Å². The molecule has 4 rings (SSSR count). The summed E-state index contributed by atoms with van der Waals surface area (Å²) in [6, 6.07) is 6.82. The smallest absolute Gasteiger partial charge is 0.243 e. The highest BCUT2D eigenvalue weighted by Gasteiger charge is 2.27. The fourth-order valence-corrected chi connectivity index (χ4v) is 6.92. The number of hydrogen-bond acceptors (Lipinski definition) is 6. The van der Waals surface area contributed by atoms with Gasteiger partial charge in [0.25, 0.3) is 0 Å². The molecule has 1 saturated heterocycles. The van der Waals surface area contributed by atoms with Crippen LogP contribution >= 0.6 is 11.8 Å². The summed E-state index contributed by atoms with van der Waals surface area (Å²) in [7, 11) is -3.46. The van der Waals surface area contributed by atoms with Gasteiger partial charge >= 0.3 is 0 Å². The highest BCUT2D eigenvalue weighted by Crippen LogP contribution is 2.34. The Morgan fingerprint density at radius 3 is 2.38 bits per heavy atom. The number of sulfonamides is 1. The van der Waals surface area contributed by atoms with E-state index in [9.17, 15) is 13.2 Å². The zero-order chi connectivity index (χ0) is 22.7. The minimum Gasteiger partial charge on any atom is -0.325 e. The van der Waals surface area contributed by atoms with Gasteiger partial charge in [-0.1, -0.05) is 31.0 Å². The highest BCUT2D eigenvalue weighted by atomic mass is 32.2. The Morgan fingerprint density at radius 1 is 1.06 bits per heavy atom. The predicted octanol–water partition coefficient (Wildman–Crippen LogP) is 4.00. The van der Waals surface area contributed by atoms with E-state index in [0.29, 0.717) is 24.8 Å². The van der Waals surface area contributed by atoms with E-state index in [1.54, 1.807) is 24.3 Å². The second-order valence-corrected chi connectivity index (χ2v) is 11.8. The molecule has 0 bridgehead atoms. The van der Waals surface area contributed by atoms with Crippen molar-refractivity contribution in [3.63, 3.8) is 0 Å². The molecule has 8 nitrogen and oxygen atoms in total. The summed E-state index contributed by atoms with van der Waals surface area (Å²) in [5, 5.41) is 11.9. The van der Waals surface area contributed by atoms with Gasteiger partial charge in [0, 0.05) is 24.8 Å². The van der Waals surface area contributed by atoms with Crippen molar-refractivity contribution in [1.29, 1.82) is 0 Å². The number of carbonyl (C=O) groups excluding carboxylic acids is 1. The van der Waals surface area contributed by atoms with Gasteiger partial charge in [-0.25, -0.2) is 8.42 Å². The van der Waals surface area contributed by atoms with Crippen LogP contribution in [-0.2, 0) is 14.8 Å². The molecule has 1 saturated carbocycles. The van der Waals surface area contributed by atoms with Crippen molar-refractivity contribution >= 4 is 33.4 Å². The van der Waals surface area contributed by atoms with Gasteiger partial charge in [0.1, 0.15) is 5.82 Å². The van der Waals surface area contributed by atoms with Crippen LogP contribution in [0.25, 0.3) is 0 Å². The van der Waals surface area contributed by atoms with Crippen molar-refractivity contribution in [3.05, 3.63) is 30.1 Å². The molecule has 174 valence electrons. The van der Waals surface area contributed by atoms with E-state index in [0.717, 1.165) is 36.7 Å². The van der Waals surface area contributed by atoms with Crippen molar-refractivity contribution in [3.8, 4) is 0 Å². The SMILES string of the molecule is Cc1nnc(S[C@@H](C)C(=O)Nc2ccc(S(=O)(=O)N3CCCC3)cc2)n1C1CCCCC1. The molecular formula is C22H31N5O3S2. The fraction of sp³-hybridized carbons (Fsp3) is 0.591. The summed E-state index contributed by atoms with van der Waals surface area (Å²) in [6.45, 7) is 4.95. The normalized spacial score (nSPS) is 19.2. The average Bonchev–Trinajstić information content (AvgIpc) is 3.45. The molecule has 2 aromatic rings. The molecule has 32 heavy (non-hydrogen) atoms.